The predicted molar refractivity (Wildman–Crippen MR) is 181 cm³/mol. The van der Waals surface area contributed by atoms with Crippen LogP contribution in [-0.2, 0) is 35.1 Å². The van der Waals surface area contributed by atoms with Gasteiger partial charge in [-0.2, -0.15) is 0 Å². The average molecular weight is 651 g/mol. The average Bonchev–Trinajstić information content (AvgIpc) is 2.99. The number of ether oxygens (including phenoxy) is 2. The molecule has 2 N–H and O–H groups in total. The number of amides is 2. The molecule has 2 amide bonds. The molecule has 248 valence electrons. The molecule has 8 nitrogen and oxygen atoms in total. The Labute approximate surface area is 278 Å². The Balaban J connectivity index is 1.95. The minimum atomic E-state index is -1.17. The molecule has 0 fully saturated rings. The van der Waals surface area contributed by atoms with Gasteiger partial charge in [-0.05, 0) is 74.4 Å². The molecule has 0 unspecified atom stereocenters. The van der Waals surface area contributed by atoms with E-state index in [0.717, 1.165) is 22.3 Å². The minimum Gasteiger partial charge on any atom is -0.459 e. The molecule has 0 aliphatic carbocycles. The molecule has 1 heterocycles. The smallest absolute Gasteiger partial charge is 0.347 e. The lowest BCUT2D eigenvalue weighted by atomic mass is 9.93. The fourth-order valence-corrected chi connectivity index (χ4v) is 5.10. The number of hydrogen-bond acceptors (Lipinski definition) is 6. The van der Waals surface area contributed by atoms with Gasteiger partial charge in [-0.25, -0.2) is 4.79 Å². The van der Waals surface area contributed by atoms with Gasteiger partial charge in [-0.1, -0.05) is 87.0 Å². The van der Waals surface area contributed by atoms with E-state index in [1.807, 2.05) is 83.2 Å². The second-order valence-electron chi connectivity index (χ2n) is 13.2. The number of rotatable bonds is 7. The lowest BCUT2D eigenvalue weighted by Gasteiger charge is -2.29. The van der Waals surface area contributed by atoms with Crippen molar-refractivity contribution in [2.24, 2.45) is 17.3 Å². The highest BCUT2D eigenvalue weighted by molar-refractivity contribution is 6.31. The van der Waals surface area contributed by atoms with Crippen LogP contribution in [0.15, 0.2) is 60.7 Å². The van der Waals surface area contributed by atoms with E-state index in [4.69, 9.17) is 21.1 Å². The Morgan fingerprint density at radius 1 is 1.00 bits per heavy atom. The molecule has 0 bridgehead atoms. The molecule has 1 aliphatic heterocycles. The summed E-state index contributed by atoms with van der Waals surface area (Å²) in [5, 5.41) is 6.13. The van der Waals surface area contributed by atoms with Crippen LogP contribution in [0.4, 0.5) is 0 Å². The molecule has 9 heteroatoms. The predicted octanol–water partition coefficient (Wildman–Crippen LogP) is 6.31. The minimum absolute atomic E-state index is 0.0372. The summed E-state index contributed by atoms with van der Waals surface area (Å²) in [5.74, 6) is -2.43. The first-order chi connectivity index (χ1) is 21.7. The van der Waals surface area contributed by atoms with Crippen molar-refractivity contribution in [1.82, 2.24) is 10.6 Å². The van der Waals surface area contributed by atoms with E-state index in [0.29, 0.717) is 5.02 Å². The summed E-state index contributed by atoms with van der Waals surface area (Å²) in [6.07, 6.45) is 5.82. The number of cyclic esters (lactones) is 2. The summed E-state index contributed by atoms with van der Waals surface area (Å²) >= 11 is 6.32. The van der Waals surface area contributed by atoms with Gasteiger partial charge in [0, 0.05) is 30.3 Å². The number of aryl methyl sites for hydroxylation is 2. The number of carbonyl (C=O) groups is 4. The molecule has 0 aromatic heterocycles. The maximum Gasteiger partial charge on any atom is 0.347 e. The van der Waals surface area contributed by atoms with Crippen molar-refractivity contribution in [3.63, 3.8) is 0 Å². The highest BCUT2D eigenvalue weighted by atomic mass is 35.5. The first kappa shape index (κ1) is 36.6. The molecule has 0 spiro atoms. The summed E-state index contributed by atoms with van der Waals surface area (Å²) in [5.41, 5.74) is 2.64. The summed E-state index contributed by atoms with van der Waals surface area (Å²) in [6.45, 7) is 12.9. The normalized spacial score (nSPS) is 22.9. The number of benzene rings is 2. The Kier molecular flexibility index (Phi) is 13.2. The zero-order valence-corrected chi connectivity index (χ0v) is 28.6. The standard InChI is InChI=1S/C37H47ClN2O6/c1-23(2)19-32-35(43)45-31(26(5)16-18-28-12-9-8-11-24(28)3)13-10-14-33(41)40-30(21-27-17-15-25(4)29(38)20-27)34(42)39-22-37(6,7)36(44)46-32/h8-12,14-18,20,23,26,30-32H,13,19,21-22H2,1-7H3,(H,39,42)(H,40,41)/b14-10+,18-16+/t26-,30-,31+,32+/m1/s1. The summed E-state index contributed by atoms with van der Waals surface area (Å²) in [6, 6.07) is 12.5. The van der Waals surface area contributed by atoms with Crippen LogP contribution in [0.25, 0.3) is 6.08 Å². The van der Waals surface area contributed by atoms with E-state index in [1.165, 1.54) is 6.08 Å². The van der Waals surface area contributed by atoms with Crippen molar-refractivity contribution in [2.45, 2.75) is 86.0 Å². The van der Waals surface area contributed by atoms with Crippen LogP contribution in [0.3, 0.4) is 0 Å². The lowest BCUT2D eigenvalue weighted by Crippen LogP contribution is -2.51. The van der Waals surface area contributed by atoms with Crippen LogP contribution in [0.1, 0.15) is 69.7 Å². The zero-order chi connectivity index (χ0) is 34.0. The van der Waals surface area contributed by atoms with Gasteiger partial charge < -0.3 is 20.1 Å². The zero-order valence-electron chi connectivity index (χ0n) is 27.9. The third-order valence-corrected chi connectivity index (χ3v) is 8.43. The fraction of sp³-hybridized carbons (Fsp3) is 0.459. The second-order valence-corrected chi connectivity index (χ2v) is 13.6. The Morgan fingerprint density at radius 2 is 1.72 bits per heavy atom. The van der Waals surface area contributed by atoms with E-state index in [-0.39, 0.29) is 37.6 Å². The van der Waals surface area contributed by atoms with Crippen molar-refractivity contribution in [2.75, 3.05) is 6.54 Å². The molecule has 4 atom stereocenters. The van der Waals surface area contributed by atoms with Crippen LogP contribution in [0.2, 0.25) is 5.02 Å². The van der Waals surface area contributed by atoms with Gasteiger partial charge in [-0.3, -0.25) is 14.4 Å². The highest BCUT2D eigenvalue weighted by Gasteiger charge is 2.37. The first-order valence-corrected chi connectivity index (χ1v) is 16.2. The first-order valence-electron chi connectivity index (χ1n) is 15.8. The number of halogens is 1. The number of nitrogens with one attached hydrogen (secondary N) is 2. The van der Waals surface area contributed by atoms with Gasteiger partial charge in [-0.15, -0.1) is 0 Å². The maximum absolute atomic E-state index is 13.5. The fourth-order valence-electron chi connectivity index (χ4n) is 4.90. The van der Waals surface area contributed by atoms with Crippen LogP contribution in [0, 0.1) is 31.1 Å². The summed E-state index contributed by atoms with van der Waals surface area (Å²) in [7, 11) is 0. The molecule has 3 rings (SSSR count). The van der Waals surface area contributed by atoms with E-state index in [2.05, 4.69) is 10.6 Å². The molecular weight excluding hydrogens is 604 g/mol. The Morgan fingerprint density at radius 3 is 2.39 bits per heavy atom. The monoisotopic (exact) mass is 650 g/mol. The summed E-state index contributed by atoms with van der Waals surface area (Å²) < 4.78 is 11.8. The van der Waals surface area contributed by atoms with E-state index >= 15 is 0 Å². The van der Waals surface area contributed by atoms with Gasteiger partial charge in [0.05, 0.1) is 5.41 Å². The van der Waals surface area contributed by atoms with Crippen LogP contribution in [0.5, 0.6) is 0 Å². The Hall–Kier alpha value is -3.91. The van der Waals surface area contributed by atoms with Gasteiger partial charge in [0.25, 0.3) is 0 Å². The summed E-state index contributed by atoms with van der Waals surface area (Å²) in [4.78, 5) is 53.4. The largest absolute Gasteiger partial charge is 0.459 e. The molecule has 2 aromatic rings. The molecule has 0 saturated heterocycles. The van der Waals surface area contributed by atoms with E-state index < -0.39 is 47.4 Å². The number of carbonyl (C=O) groups excluding carboxylic acids is 4. The van der Waals surface area contributed by atoms with Gasteiger partial charge in [0.1, 0.15) is 12.1 Å². The number of esters is 2. The molecule has 0 saturated carbocycles. The van der Waals surface area contributed by atoms with Crippen LogP contribution in [-0.4, -0.2) is 48.5 Å². The lowest BCUT2D eigenvalue weighted by molar-refractivity contribution is -0.178. The molecule has 1 aliphatic rings. The van der Waals surface area contributed by atoms with Crippen molar-refractivity contribution in [1.29, 1.82) is 0 Å². The highest BCUT2D eigenvalue weighted by Crippen LogP contribution is 2.24. The third kappa shape index (κ3) is 10.9. The SMILES string of the molecule is Cc1ccc(C[C@H]2NC(=O)/C=C/C[C@@H]([C@H](C)/C=C/c3ccccc3C)OC(=O)[C@H](CC(C)C)OC(=O)C(C)(C)CNC2=O)cc1Cl. The Bertz CT molecular complexity index is 1460. The van der Waals surface area contributed by atoms with Crippen molar-refractivity contribution < 1.29 is 28.7 Å². The van der Waals surface area contributed by atoms with E-state index in [1.54, 1.807) is 26.0 Å². The van der Waals surface area contributed by atoms with Crippen LogP contribution < -0.4 is 10.6 Å². The van der Waals surface area contributed by atoms with Crippen molar-refractivity contribution in [3.8, 4) is 0 Å². The van der Waals surface area contributed by atoms with Gasteiger partial charge >= 0.3 is 11.9 Å². The van der Waals surface area contributed by atoms with E-state index in [9.17, 15) is 19.2 Å². The molecule has 0 radical (unpaired) electrons. The van der Waals surface area contributed by atoms with Crippen LogP contribution >= 0.6 is 11.6 Å². The van der Waals surface area contributed by atoms with Gasteiger partial charge in [0.2, 0.25) is 11.8 Å². The molecule has 2 aromatic carbocycles. The second kappa shape index (κ2) is 16.6. The molecule has 46 heavy (non-hydrogen) atoms. The maximum atomic E-state index is 13.5. The van der Waals surface area contributed by atoms with Crippen molar-refractivity contribution >= 4 is 41.4 Å². The van der Waals surface area contributed by atoms with Gasteiger partial charge in [0.15, 0.2) is 6.10 Å². The topological polar surface area (TPSA) is 111 Å². The quantitative estimate of drug-likeness (QED) is 0.340. The number of hydrogen-bond donors (Lipinski definition) is 2. The molecular formula is C37H47ClN2O6. The third-order valence-electron chi connectivity index (χ3n) is 8.02. The van der Waals surface area contributed by atoms with Crippen molar-refractivity contribution in [3.05, 3.63) is 88.0 Å².